The van der Waals surface area contributed by atoms with Gasteiger partial charge in [0.15, 0.2) is 0 Å². The van der Waals surface area contributed by atoms with Crippen LogP contribution in [0.25, 0.3) is 0 Å². The average molecular weight is 300 g/mol. The second-order valence-corrected chi connectivity index (χ2v) is 6.28. The molecule has 96 valence electrons. The smallest absolute Gasteiger partial charge is 0.0575 e. The molecular formula is C14H22BrNO. The highest BCUT2D eigenvalue weighted by Gasteiger charge is 2.25. The van der Waals surface area contributed by atoms with Crippen LogP contribution in [0.3, 0.4) is 0 Å². The fourth-order valence-corrected chi connectivity index (χ4v) is 2.21. The largest absolute Gasteiger partial charge is 0.393 e. The summed E-state index contributed by atoms with van der Waals surface area (Å²) in [5, 5.41) is 9.71. The van der Waals surface area contributed by atoms with Crippen LogP contribution in [-0.2, 0) is 6.54 Å². The molecule has 17 heavy (non-hydrogen) atoms. The molecule has 3 heteroatoms. The Kier molecular flexibility index (Phi) is 5.17. The summed E-state index contributed by atoms with van der Waals surface area (Å²) in [6.07, 6.45) is -0.302. The number of aliphatic hydroxyl groups excluding tert-OH is 1. The molecule has 0 spiro atoms. The fraction of sp³-hybridized carbons (Fsp3) is 0.571. The third-order valence-corrected chi connectivity index (χ3v) is 3.98. The average Bonchev–Trinajstić information content (AvgIpc) is 2.20. The summed E-state index contributed by atoms with van der Waals surface area (Å²) in [6, 6.07) is 8.25. The van der Waals surface area contributed by atoms with Crippen molar-refractivity contribution < 1.29 is 5.11 Å². The first kappa shape index (κ1) is 14.7. The van der Waals surface area contributed by atoms with Gasteiger partial charge in [0.1, 0.15) is 0 Å². The van der Waals surface area contributed by atoms with Crippen molar-refractivity contribution in [3.05, 3.63) is 34.3 Å². The minimum atomic E-state index is -0.302. The van der Waals surface area contributed by atoms with E-state index in [9.17, 15) is 5.11 Å². The number of benzene rings is 1. The molecule has 1 aromatic carbocycles. The van der Waals surface area contributed by atoms with E-state index >= 15 is 0 Å². The number of aliphatic hydroxyl groups is 1. The van der Waals surface area contributed by atoms with Gasteiger partial charge in [0.2, 0.25) is 0 Å². The van der Waals surface area contributed by atoms with Crippen molar-refractivity contribution in [3.8, 4) is 0 Å². The van der Waals surface area contributed by atoms with Gasteiger partial charge >= 0.3 is 0 Å². The van der Waals surface area contributed by atoms with Crippen LogP contribution in [0.2, 0.25) is 0 Å². The summed E-state index contributed by atoms with van der Waals surface area (Å²) in [5.74, 6) is 0. The van der Waals surface area contributed by atoms with E-state index in [1.807, 2.05) is 19.1 Å². The molecule has 1 unspecified atom stereocenters. The molecule has 0 aliphatic carbocycles. The highest BCUT2D eigenvalue weighted by Crippen LogP contribution is 2.23. The first-order valence-corrected chi connectivity index (χ1v) is 6.72. The first-order chi connectivity index (χ1) is 7.83. The van der Waals surface area contributed by atoms with Crippen molar-refractivity contribution in [1.82, 2.24) is 4.90 Å². The van der Waals surface area contributed by atoms with Crippen LogP contribution in [0, 0.1) is 5.41 Å². The lowest BCUT2D eigenvalue weighted by Gasteiger charge is -2.33. The maximum atomic E-state index is 9.71. The van der Waals surface area contributed by atoms with Gasteiger partial charge in [-0.2, -0.15) is 0 Å². The molecule has 1 atom stereocenters. The van der Waals surface area contributed by atoms with Gasteiger partial charge in [0, 0.05) is 23.0 Å². The SMILES string of the molecule is CC(O)C(C)(C)CN(C)Cc1ccccc1Br. The predicted molar refractivity (Wildman–Crippen MR) is 75.9 cm³/mol. The molecule has 2 nitrogen and oxygen atoms in total. The highest BCUT2D eigenvalue weighted by molar-refractivity contribution is 9.10. The Morgan fingerprint density at radius 2 is 1.94 bits per heavy atom. The van der Waals surface area contributed by atoms with Gasteiger partial charge in [-0.05, 0) is 25.6 Å². The molecule has 0 heterocycles. The molecule has 0 radical (unpaired) electrons. The zero-order valence-corrected chi connectivity index (χ0v) is 12.7. The van der Waals surface area contributed by atoms with E-state index in [1.165, 1.54) is 5.56 Å². The van der Waals surface area contributed by atoms with E-state index in [1.54, 1.807) is 0 Å². The molecule has 0 aromatic heterocycles. The van der Waals surface area contributed by atoms with E-state index < -0.39 is 0 Å². The van der Waals surface area contributed by atoms with Gasteiger partial charge in [-0.1, -0.05) is 48.0 Å². The summed E-state index contributed by atoms with van der Waals surface area (Å²) < 4.78 is 1.14. The predicted octanol–water partition coefficient (Wildman–Crippen LogP) is 3.29. The van der Waals surface area contributed by atoms with Gasteiger partial charge < -0.3 is 10.0 Å². The zero-order valence-electron chi connectivity index (χ0n) is 11.1. The Morgan fingerprint density at radius 3 is 2.47 bits per heavy atom. The number of hydrogen-bond acceptors (Lipinski definition) is 2. The molecule has 0 saturated heterocycles. The summed E-state index contributed by atoms with van der Waals surface area (Å²) in [7, 11) is 2.09. The molecule has 0 saturated carbocycles. The van der Waals surface area contributed by atoms with Crippen LogP contribution >= 0.6 is 15.9 Å². The maximum Gasteiger partial charge on any atom is 0.0575 e. The lowest BCUT2D eigenvalue weighted by atomic mass is 9.87. The molecular weight excluding hydrogens is 278 g/mol. The van der Waals surface area contributed by atoms with E-state index in [2.05, 4.69) is 53.9 Å². The topological polar surface area (TPSA) is 23.5 Å². The third-order valence-electron chi connectivity index (χ3n) is 3.21. The van der Waals surface area contributed by atoms with Crippen LogP contribution in [0.4, 0.5) is 0 Å². The summed E-state index contributed by atoms with van der Waals surface area (Å²) >= 11 is 3.56. The summed E-state index contributed by atoms with van der Waals surface area (Å²) in [6.45, 7) is 7.79. The van der Waals surface area contributed by atoms with E-state index in [0.29, 0.717) is 0 Å². The van der Waals surface area contributed by atoms with Crippen molar-refractivity contribution in [2.75, 3.05) is 13.6 Å². The Labute approximate surface area is 113 Å². The molecule has 0 amide bonds. The van der Waals surface area contributed by atoms with Crippen molar-refractivity contribution in [2.45, 2.75) is 33.4 Å². The van der Waals surface area contributed by atoms with E-state index in [4.69, 9.17) is 0 Å². The Hall–Kier alpha value is -0.380. The molecule has 0 fully saturated rings. The number of hydrogen-bond donors (Lipinski definition) is 1. The maximum absolute atomic E-state index is 9.71. The molecule has 1 N–H and O–H groups in total. The lowest BCUT2D eigenvalue weighted by Crippen LogP contribution is -2.38. The quantitative estimate of drug-likeness (QED) is 0.902. The Morgan fingerprint density at radius 1 is 1.35 bits per heavy atom. The normalized spacial score (nSPS) is 14.1. The third kappa shape index (κ3) is 4.41. The van der Waals surface area contributed by atoms with E-state index in [0.717, 1.165) is 17.6 Å². The minimum Gasteiger partial charge on any atom is -0.393 e. The minimum absolute atomic E-state index is 0.0873. The lowest BCUT2D eigenvalue weighted by molar-refractivity contribution is 0.0391. The molecule has 0 aliphatic rings. The van der Waals surface area contributed by atoms with Crippen molar-refractivity contribution in [3.63, 3.8) is 0 Å². The number of rotatable bonds is 5. The molecule has 0 bridgehead atoms. The zero-order chi connectivity index (χ0) is 13.1. The van der Waals surface area contributed by atoms with Crippen molar-refractivity contribution >= 4 is 15.9 Å². The van der Waals surface area contributed by atoms with Gasteiger partial charge in [-0.15, -0.1) is 0 Å². The standard InChI is InChI=1S/C14H22BrNO/c1-11(17)14(2,3)10-16(4)9-12-7-5-6-8-13(12)15/h5-8,11,17H,9-10H2,1-4H3. The molecule has 1 aromatic rings. The molecule has 1 rings (SSSR count). The van der Waals surface area contributed by atoms with Gasteiger partial charge in [-0.3, -0.25) is 0 Å². The first-order valence-electron chi connectivity index (χ1n) is 5.93. The second kappa shape index (κ2) is 5.98. The Bertz CT molecular complexity index is 363. The monoisotopic (exact) mass is 299 g/mol. The molecule has 0 aliphatic heterocycles. The summed E-state index contributed by atoms with van der Waals surface area (Å²) in [4.78, 5) is 2.24. The van der Waals surface area contributed by atoms with Gasteiger partial charge in [0.05, 0.1) is 6.10 Å². The van der Waals surface area contributed by atoms with Crippen LogP contribution < -0.4 is 0 Å². The van der Waals surface area contributed by atoms with Crippen LogP contribution in [0.1, 0.15) is 26.3 Å². The second-order valence-electron chi connectivity index (χ2n) is 5.43. The fourth-order valence-electron chi connectivity index (χ4n) is 1.80. The van der Waals surface area contributed by atoms with Crippen LogP contribution in [0.5, 0.6) is 0 Å². The van der Waals surface area contributed by atoms with Gasteiger partial charge in [-0.25, -0.2) is 0 Å². The Balaban J connectivity index is 2.62. The number of nitrogens with zero attached hydrogens (tertiary/aromatic N) is 1. The van der Waals surface area contributed by atoms with E-state index in [-0.39, 0.29) is 11.5 Å². The van der Waals surface area contributed by atoms with Gasteiger partial charge in [0.25, 0.3) is 0 Å². The van der Waals surface area contributed by atoms with Crippen LogP contribution in [-0.4, -0.2) is 29.7 Å². The van der Waals surface area contributed by atoms with Crippen molar-refractivity contribution in [1.29, 1.82) is 0 Å². The summed E-state index contributed by atoms with van der Waals surface area (Å²) in [5.41, 5.74) is 1.19. The number of halogens is 1. The van der Waals surface area contributed by atoms with Crippen molar-refractivity contribution in [2.24, 2.45) is 5.41 Å². The highest BCUT2D eigenvalue weighted by atomic mass is 79.9. The van der Waals surface area contributed by atoms with Crippen LogP contribution in [0.15, 0.2) is 28.7 Å².